The standard InChI is InChI=1S/C9H20N2S/c1-7(2)11-9(5-10)6-12-4-8(9)3/h7-8,11H,4-6,10H2,1-3H3. The third kappa shape index (κ3) is 1.95. The summed E-state index contributed by atoms with van der Waals surface area (Å²) in [5.41, 5.74) is 6.04. The molecular weight excluding hydrogens is 168 g/mol. The molecule has 0 aromatic heterocycles. The van der Waals surface area contributed by atoms with E-state index >= 15 is 0 Å². The highest BCUT2D eigenvalue weighted by Gasteiger charge is 2.39. The quantitative estimate of drug-likeness (QED) is 0.695. The minimum absolute atomic E-state index is 0.207. The number of nitrogens with one attached hydrogen (secondary N) is 1. The van der Waals surface area contributed by atoms with Crippen molar-refractivity contribution in [3.8, 4) is 0 Å². The molecule has 1 aliphatic rings. The molecule has 0 aromatic rings. The van der Waals surface area contributed by atoms with Crippen LogP contribution in [0.25, 0.3) is 0 Å². The summed E-state index contributed by atoms with van der Waals surface area (Å²) in [6.07, 6.45) is 0. The summed E-state index contributed by atoms with van der Waals surface area (Å²) in [5.74, 6) is 3.12. The van der Waals surface area contributed by atoms with Crippen molar-refractivity contribution in [1.29, 1.82) is 0 Å². The van der Waals surface area contributed by atoms with Gasteiger partial charge in [-0.2, -0.15) is 11.8 Å². The topological polar surface area (TPSA) is 38.0 Å². The fraction of sp³-hybridized carbons (Fsp3) is 1.00. The highest BCUT2D eigenvalue weighted by atomic mass is 32.2. The molecule has 0 spiro atoms. The maximum Gasteiger partial charge on any atom is 0.0431 e. The molecule has 1 saturated heterocycles. The first-order valence-electron chi connectivity index (χ1n) is 4.66. The number of hydrogen-bond acceptors (Lipinski definition) is 3. The van der Waals surface area contributed by atoms with Gasteiger partial charge in [0.2, 0.25) is 0 Å². The largest absolute Gasteiger partial charge is 0.329 e. The molecule has 1 rings (SSSR count). The van der Waals surface area contributed by atoms with E-state index in [9.17, 15) is 0 Å². The first kappa shape index (κ1) is 10.4. The molecule has 0 aliphatic carbocycles. The van der Waals surface area contributed by atoms with Crippen LogP contribution in [0.1, 0.15) is 20.8 Å². The molecule has 72 valence electrons. The normalized spacial score (nSPS) is 36.2. The van der Waals surface area contributed by atoms with Crippen molar-refractivity contribution in [1.82, 2.24) is 5.32 Å². The Kier molecular flexibility index (Phi) is 3.44. The summed E-state index contributed by atoms with van der Waals surface area (Å²) in [6.45, 7) is 7.43. The van der Waals surface area contributed by atoms with E-state index in [1.807, 2.05) is 11.8 Å². The molecule has 2 unspecified atom stereocenters. The van der Waals surface area contributed by atoms with Gasteiger partial charge < -0.3 is 11.1 Å². The Morgan fingerprint density at radius 1 is 1.67 bits per heavy atom. The van der Waals surface area contributed by atoms with Gasteiger partial charge in [-0.3, -0.25) is 0 Å². The molecule has 0 saturated carbocycles. The Labute approximate surface area is 79.7 Å². The van der Waals surface area contributed by atoms with E-state index < -0.39 is 0 Å². The molecule has 0 amide bonds. The van der Waals surface area contributed by atoms with Crippen LogP contribution in [0.15, 0.2) is 0 Å². The van der Waals surface area contributed by atoms with Crippen molar-refractivity contribution in [2.75, 3.05) is 18.1 Å². The molecule has 0 radical (unpaired) electrons. The van der Waals surface area contributed by atoms with Gasteiger partial charge in [0.25, 0.3) is 0 Å². The molecule has 3 heteroatoms. The lowest BCUT2D eigenvalue weighted by Crippen LogP contribution is -2.57. The highest BCUT2D eigenvalue weighted by molar-refractivity contribution is 7.99. The van der Waals surface area contributed by atoms with E-state index in [0.29, 0.717) is 12.0 Å². The first-order valence-corrected chi connectivity index (χ1v) is 5.82. The van der Waals surface area contributed by atoms with E-state index in [2.05, 4.69) is 26.1 Å². The van der Waals surface area contributed by atoms with Crippen LogP contribution < -0.4 is 11.1 Å². The Bertz CT molecular complexity index is 149. The Hall–Kier alpha value is 0.270. The lowest BCUT2D eigenvalue weighted by molar-refractivity contribution is 0.271. The van der Waals surface area contributed by atoms with E-state index in [-0.39, 0.29) is 5.54 Å². The molecular formula is C9H20N2S. The van der Waals surface area contributed by atoms with Gasteiger partial charge in [0.05, 0.1) is 0 Å². The monoisotopic (exact) mass is 188 g/mol. The van der Waals surface area contributed by atoms with Crippen molar-refractivity contribution >= 4 is 11.8 Å². The summed E-state index contributed by atoms with van der Waals surface area (Å²) in [4.78, 5) is 0. The van der Waals surface area contributed by atoms with Crippen LogP contribution in [0.3, 0.4) is 0 Å². The molecule has 12 heavy (non-hydrogen) atoms. The van der Waals surface area contributed by atoms with Crippen molar-refractivity contribution in [3.63, 3.8) is 0 Å². The number of rotatable bonds is 3. The van der Waals surface area contributed by atoms with Crippen LogP contribution in [0.4, 0.5) is 0 Å². The van der Waals surface area contributed by atoms with Crippen molar-refractivity contribution in [2.45, 2.75) is 32.4 Å². The number of thioether (sulfide) groups is 1. The zero-order chi connectivity index (χ0) is 9.19. The minimum atomic E-state index is 0.207. The molecule has 0 aromatic carbocycles. The van der Waals surface area contributed by atoms with Gasteiger partial charge in [0.15, 0.2) is 0 Å². The van der Waals surface area contributed by atoms with Crippen LogP contribution in [0.2, 0.25) is 0 Å². The van der Waals surface area contributed by atoms with Gasteiger partial charge in [0.1, 0.15) is 0 Å². The second-order valence-corrected chi connectivity index (χ2v) is 5.11. The van der Waals surface area contributed by atoms with Crippen LogP contribution in [-0.2, 0) is 0 Å². The molecule has 2 nitrogen and oxygen atoms in total. The summed E-state index contributed by atoms with van der Waals surface area (Å²) < 4.78 is 0. The van der Waals surface area contributed by atoms with E-state index in [1.54, 1.807) is 0 Å². The Morgan fingerprint density at radius 3 is 2.67 bits per heavy atom. The van der Waals surface area contributed by atoms with Crippen molar-refractivity contribution in [3.05, 3.63) is 0 Å². The molecule has 1 heterocycles. The third-order valence-electron chi connectivity index (χ3n) is 2.61. The third-order valence-corrected chi connectivity index (χ3v) is 4.07. The van der Waals surface area contributed by atoms with Crippen LogP contribution in [0.5, 0.6) is 0 Å². The van der Waals surface area contributed by atoms with Gasteiger partial charge >= 0.3 is 0 Å². The van der Waals surface area contributed by atoms with Crippen molar-refractivity contribution in [2.24, 2.45) is 11.7 Å². The van der Waals surface area contributed by atoms with Crippen molar-refractivity contribution < 1.29 is 0 Å². The van der Waals surface area contributed by atoms with Gasteiger partial charge in [-0.15, -0.1) is 0 Å². The van der Waals surface area contributed by atoms with E-state index in [4.69, 9.17) is 5.73 Å². The molecule has 1 fully saturated rings. The fourth-order valence-corrected chi connectivity index (χ4v) is 3.44. The summed E-state index contributed by atoms with van der Waals surface area (Å²) in [5, 5.41) is 3.61. The zero-order valence-electron chi connectivity index (χ0n) is 8.26. The molecule has 0 bridgehead atoms. The average molecular weight is 188 g/mol. The maximum atomic E-state index is 5.83. The lowest BCUT2D eigenvalue weighted by Gasteiger charge is -2.35. The fourth-order valence-electron chi connectivity index (χ4n) is 1.80. The zero-order valence-corrected chi connectivity index (χ0v) is 9.08. The highest BCUT2D eigenvalue weighted by Crippen LogP contribution is 2.32. The van der Waals surface area contributed by atoms with Gasteiger partial charge in [-0.05, 0) is 11.7 Å². The smallest absolute Gasteiger partial charge is 0.0431 e. The SMILES string of the molecule is CC(C)NC1(CN)CSCC1C. The Morgan fingerprint density at radius 2 is 2.33 bits per heavy atom. The van der Waals surface area contributed by atoms with Gasteiger partial charge in [0, 0.05) is 23.9 Å². The first-order chi connectivity index (χ1) is 5.60. The minimum Gasteiger partial charge on any atom is -0.329 e. The van der Waals surface area contributed by atoms with Crippen LogP contribution in [0, 0.1) is 5.92 Å². The second-order valence-electron chi connectivity index (χ2n) is 4.08. The van der Waals surface area contributed by atoms with Gasteiger partial charge in [-0.1, -0.05) is 20.8 Å². The summed E-state index contributed by atoms with van der Waals surface area (Å²) in [7, 11) is 0. The molecule has 3 N–H and O–H groups in total. The molecule has 2 atom stereocenters. The lowest BCUT2D eigenvalue weighted by atomic mass is 9.88. The predicted octanol–water partition coefficient (Wildman–Crippen LogP) is 1.06. The Balaban J connectivity index is 2.61. The maximum absolute atomic E-state index is 5.83. The predicted molar refractivity (Wildman–Crippen MR) is 56.5 cm³/mol. The van der Waals surface area contributed by atoms with Gasteiger partial charge in [-0.25, -0.2) is 0 Å². The summed E-state index contributed by atoms with van der Waals surface area (Å²) in [6, 6.07) is 0.537. The molecule has 1 aliphatic heterocycles. The van der Waals surface area contributed by atoms with Crippen LogP contribution in [-0.4, -0.2) is 29.6 Å². The summed E-state index contributed by atoms with van der Waals surface area (Å²) >= 11 is 2.01. The van der Waals surface area contributed by atoms with Crippen LogP contribution >= 0.6 is 11.8 Å². The van der Waals surface area contributed by atoms with E-state index in [1.165, 1.54) is 11.5 Å². The number of hydrogen-bond donors (Lipinski definition) is 2. The second kappa shape index (κ2) is 3.99. The number of nitrogens with two attached hydrogens (primary N) is 1. The average Bonchev–Trinajstić information content (AvgIpc) is 2.32. The van der Waals surface area contributed by atoms with E-state index in [0.717, 1.165) is 6.54 Å².